The number of halogens is 2. The Morgan fingerprint density at radius 3 is 2.50 bits per heavy atom. The molecule has 2 aromatic carbocycles. The zero-order valence-electron chi connectivity index (χ0n) is 14.0. The average Bonchev–Trinajstić information content (AvgIpc) is 2.55. The molecule has 2 aromatic rings. The summed E-state index contributed by atoms with van der Waals surface area (Å²) in [6.07, 6.45) is 1.82. The second kappa shape index (κ2) is 10.2. The number of aryl methyl sites for hydroxylation is 1. The third-order valence-electron chi connectivity index (χ3n) is 3.41. The van der Waals surface area contributed by atoms with Crippen LogP contribution in [0.2, 0.25) is 5.02 Å². The van der Waals surface area contributed by atoms with Crippen molar-refractivity contribution in [3.05, 3.63) is 70.8 Å². The van der Waals surface area contributed by atoms with Crippen molar-refractivity contribution in [2.24, 2.45) is 0 Å². The summed E-state index contributed by atoms with van der Waals surface area (Å²) in [6, 6.07) is 12.0. The Labute approximate surface area is 155 Å². The zero-order valence-corrected chi connectivity index (χ0v) is 15.5. The fourth-order valence-corrected chi connectivity index (χ4v) is 2.46. The van der Waals surface area contributed by atoms with Gasteiger partial charge in [-0.25, -0.2) is 0 Å². The second-order valence-corrected chi connectivity index (χ2v) is 5.71. The smallest absolute Gasteiger partial charge is 0.180 e. The van der Waals surface area contributed by atoms with E-state index in [4.69, 9.17) is 21.1 Å². The minimum atomic E-state index is 0. The number of ether oxygens (including phenoxy) is 2. The molecular formula is C19H23Cl2NO2. The molecule has 0 radical (unpaired) electrons. The average molecular weight is 368 g/mol. The number of hydrogen-bond acceptors (Lipinski definition) is 3. The van der Waals surface area contributed by atoms with E-state index >= 15 is 0 Å². The number of benzene rings is 2. The molecule has 0 amide bonds. The molecule has 0 unspecified atom stereocenters. The molecule has 0 saturated heterocycles. The Hall–Kier alpha value is -1.68. The molecule has 0 aliphatic heterocycles. The van der Waals surface area contributed by atoms with Crippen molar-refractivity contribution in [2.45, 2.75) is 20.1 Å². The summed E-state index contributed by atoms with van der Waals surface area (Å²) in [5.41, 5.74) is 3.35. The van der Waals surface area contributed by atoms with Gasteiger partial charge in [0.05, 0.1) is 12.1 Å². The monoisotopic (exact) mass is 367 g/mol. The highest BCUT2D eigenvalue weighted by Crippen LogP contribution is 2.37. The summed E-state index contributed by atoms with van der Waals surface area (Å²) < 4.78 is 11.3. The normalized spacial score (nSPS) is 9.96. The molecule has 24 heavy (non-hydrogen) atoms. The molecular weight excluding hydrogens is 345 g/mol. The van der Waals surface area contributed by atoms with E-state index in [1.807, 2.05) is 30.3 Å². The highest BCUT2D eigenvalue weighted by atomic mass is 35.5. The maximum atomic E-state index is 6.36. The Bertz CT molecular complexity index is 657. The predicted molar refractivity (Wildman–Crippen MR) is 103 cm³/mol. The van der Waals surface area contributed by atoms with Crippen LogP contribution >= 0.6 is 24.0 Å². The van der Waals surface area contributed by atoms with Crippen molar-refractivity contribution in [2.75, 3.05) is 13.7 Å². The molecule has 0 atom stereocenters. The van der Waals surface area contributed by atoms with E-state index in [-0.39, 0.29) is 12.4 Å². The van der Waals surface area contributed by atoms with E-state index in [9.17, 15) is 0 Å². The quantitative estimate of drug-likeness (QED) is 0.529. The SMILES string of the molecule is C=CCNCc1cc(Cl)c(OCc2ccc(C)cc2)c(OC)c1.Cl. The van der Waals surface area contributed by atoms with Gasteiger partial charge in [0.2, 0.25) is 0 Å². The van der Waals surface area contributed by atoms with Gasteiger partial charge in [-0.15, -0.1) is 19.0 Å². The standard InChI is InChI=1S/C19H22ClNO2.ClH/c1-4-9-21-12-16-10-17(20)19(18(11-16)22-3)23-13-15-7-5-14(2)6-8-15;/h4-8,10-11,21H,1,9,12-13H2,2-3H3;1H. The van der Waals surface area contributed by atoms with Crippen LogP contribution in [0.5, 0.6) is 11.5 Å². The second-order valence-electron chi connectivity index (χ2n) is 5.30. The molecule has 130 valence electrons. The van der Waals surface area contributed by atoms with E-state index in [0.29, 0.717) is 29.7 Å². The lowest BCUT2D eigenvalue weighted by Gasteiger charge is -2.14. The first kappa shape index (κ1) is 20.4. The van der Waals surface area contributed by atoms with Gasteiger partial charge < -0.3 is 14.8 Å². The van der Waals surface area contributed by atoms with Crippen molar-refractivity contribution >= 4 is 24.0 Å². The van der Waals surface area contributed by atoms with Gasteiger partial charge in [0, 0.05) is 13.1 Å². The van der Waals surface area contributed by atoms with Gasteiger partial charge in [0.1, 0.15) is 6.61 Å². The van der Waals surface area contributed by atoms with Crippen LogP contribution in [0.1, 0.15) is 16.7 Å². The summed E-state index contributed by atoms with van der Waals surface area (Å²) in [6.45, 7) is 7.63. The van der Waals surface area contributed by atoms with Gasteiger partial charge in [-0.2, -0.15) is 0 Å². The lowest BCUT2D eigenvalue weighted by molar-refractivity contribution is 0.284. The van der Waals surface area contributed by atoms with Gasteiger partial charge in [0.15, 0.2) is 11.5 Å². The summed E-state index contributed by atoms with van der Waals surface area (Å²) in [4.78, 5) is 0. The van der Waals surface area contributed by atoms with Gasteiger partial charge in [-0.1, -0.05) is 47.5 Å². The van der Waals surface area contributed by atoms with Crippen molar-refractivity contribution in [1.29, 1.82) is 0 Å². The maximum Gasteiger partial charge on any atom is 0.180 e. The number of rotatable bonds is 8. The molecule has 0 aliphatic carbocycles. The van der Waals surface area contributed by atoms with Crippen molar-refractivity contribution in [1.82, 2.24) is 5.32 Å². The fourth-order valence-electron chi connectivity index (χ4n) is 2.17. The number of nitrogens with one attached hydrogen (secondary N) is 1. The highest BCUT2D eigenvalue weighted by Gasteiger charge is 2.12. The van der Waals surface area contributed by atoms with E-state index < -0.39 is 0 Å². The van der Waals surface area contributed by atoms with E-state index in [2.05, 4.69) is 31.0 Å². The van der Waals surface area contributed by atoms with Crippen LogP contribution < -0.4 is 14.8 Å². The van der Waals surface area contributed by atoms with E-state index in [1.54, 1.807) is 7.11 Å². The first-order valence-electron chi connectivity index (χ1n) is 7.50. The van der Waals surface area contributed by atoms with Gasteiger partial charge >= 0.3 is 0 Å². The Morgan fingerprint density at radius 2 is 1.88 bits per heavy atom. The predicted octanol–water partition coefficient (Wildman–Crippen LogP) is 4.93. The number of hydrogen-bond donors (Lipinski definition) is 1. The summed E-state index contributed by atoms with van der Waals surface area (Å²) in [5.74, 6) is 1.21. The molecule has 5 heteroatoms. The Morgan fingerprint density at radius 1 is 1.17 bits per heavy atom. The van der Waals surface area contributed by atoms with E-state index in [1.165, 1.54) is 5.56 Å². The van der Waals surface area contributed by atoms with Crippen LogP contribution in [0.25, 0.3) is 0 Å². The van der Waals surface area contributed by atoms with Crippen molar-refractivity contribution in [3.63, 3.8) is 0 Å². The van der Waals surface area contributed by atoms with Crippen molar-refractivity contribution in [3.8, 4) is 11.5 Å². The van der Waals surface area contributed by atoms with Gasteiger partial charge in [0.25, 0.3) is 0 Å². The minimum absolute atomic E-state index is 0. The molecule has 0 saturated carbocycles. The fraction of sp³-hybridized carbons (Fsp3) is 0.263. The summed E-state index contributed by atoms with van der Waals surface area (Å²) >= 11 is 6.36. The molecule has 0 fully saturated rings. The molecule has 0 bridgehead atoms. The maximum absolute atomic E-state index is 6.36. The first-order valence-corrected chi connectivity index (χ1v) is 7.88. The van der Waals surface area contributed by atoms with Crippen LogP contribution in [-0.4, -0.2) is 13.7 Å². The Balaban J connectivity index is 0.00000288. The van der Waals surface area contributed by atoms with Gasteiger partial charge in [-0.3, -0.25) is 0 Å². The minimum Gasteiger partial charge on any atom is -0.493 e. The first-order chi connectivity index (χ1) is 11.1. The molecule has 2 rings (SSSR count). The summed E-state index contributed by atoms with van der Waals surface area (Å²) in [7, 11) is 1.62. The molecule has 3 nitrogen and oxygen atoms in total. The van der Waals surface area contributed by atoms with Crippen LogP contribution in [-0.2, 0) is 13.2 Å². The molecule has 1 N–H and O–H groups in total. The van der Waals surface area contributed by atoms with Crippen LogP contribution in [0.15, 0.2) is 49.1 Å². The molecule has 0 aliphatic rings. The molecule has 0 spiro atoms. The van der Waals surface area contributed by atoms with Gasteiger partial charge in [-0.05, 0) is 30.2 Å². The largest absolute Gasteiger partial charge is 0.493 e. The Kier molecular flexibility index (Phi) is 8.69. The third kappa shape index (κ3) is 5.75. The lowest BCUT2D eigenvalue weighted by atomic mass is 10.1. The van der Waals surface area contributed by atoms with Crippen molar-refractivity contribution < 1.29 is 9.47 Å². The topological polar surface area (TPSA) is 30.5 Å². The van der Waals surface area contributed by atoms with Crippen LogP contribution in [0.3, 0.4) is 0 Å². The zero-order chi connectivity index (χ0) is 16.7. The number of methoxy groups -OCH3 is 1. The van der Waals surface area contributed by atoms with Crippen LogP contribution in [0, 0.1) is 6.92 Å². The van der Waals surface area contributed by atoms with Crippen LogP contribution in [0.4, 0.5) is 0 Å². The summed E-state index contributed by atoms with van der Waals surface area (Å²) in [5, 5.41) is 3.79. The molecule has 0 heterocycles. The van der Waals surface area contributed by atoms with E-state index in [0.717, 1.165) is 17.7 Å². The highest BCUT2D eigenvalue weighted by molar-refractivity contribution is 6.32. The molecule has 0 aromatic heterocycles. The lowest BCUT2D eigenvalue weighted by Crippen LogP contribution is -2.12. The third-order valence-corrected chi connectivity index (χ3v) is 3.69.